The lowest BCUT2D eigenvalue weighted by Crippen LogP contribution is -2.25. The van der Waals surface area contributed by atoms with Gasteiger partial charge < -0.3 is 10.1 Å². The molecule has 0 atom stereocenters. The summed E-state index contributed by atoms with van der Waals surface area (Å²) in [7, 11) is 1.60. The van der Waals surface area contributed by atoms with Crippen molar-refractivity contribution in [1.29, 1.82) is 0 Å². The van der Waals surface area contributed by atoms with Crippen LogP contribution in [0.2, 0.25) is 0 Å². The molecule has 1 aromatic rings. The van der Waals surface area contributed by atoms with E-state index in [0.717, 1.165) is 30.9 Å². The third-order valence-electron chi connectivity index (χ3n) is 1.95. The molecular weight excluding hydrogens is 154 g/mol. The molecule has 0 unspecified atom stereocenters. The summed E-state index contributed by atoms with van der Waals surface area (Å²) in [6.07, 6.45) is 2.64. The summed E-state index contributed by atoms with van der Waals surface area (Å²) in [5, 5.41) is 3.23. The van der Waals surface area contributed by atoms with Crippen LogP contribution in [-0.2, 0) is 13.0 Å². The van der Waals surface area contributed by atoms with Gasteiger partial charge in [-0.15, -0.1) is 0 Å². The van der Waals surface area contributed by atoms with Gasteiger partial charge in [0, 0.05) is 19.5 Å². The molecule has 1 aliphatic heterocycles. The van der Waals surface area contributed by atoms with Crippen molar-refractivity contribution >= 4 is 0 Å². The number of aromatic nitrogens is 2. The maximum Gasteiger partial charge on any atom is 0.232 e. The van der Waals surface area contributed by atoms with Gasteiger partial charge in [0.2, 0.25) is 5.88 Å². The molecule has 0 aliphatic carbocycles. The first-order chi connectivity index (χ1) is 5.90. The summed E-state index contributed by atoms with van der Waals surface area (Å²) < 4.78 is 4.98. The molecule has 0 saturated carbocycles. The van der Waals surface area contributed by atoms with Gasteiger partial charge in [0.15, 0.2) is 0 Å². The maximum atomic E-state index is 4.98. The van der Waals surface area contributed by atoms with E-state index in [1.165, 1.54) is 0 Å². The minimum atomic E-state index is 0.595. The predicted molar refractivity (Wildman–Crippen MR) is 44.0 cm³/mol. The molecule has 0 spiro atoms. The second-order valence-electron chi connectivity index (χ2n) is 2.73. The van der Waals surface area contributed by atoms with Gasteiger partial charge in [0.05, 0.1) is 24.7 Å². The minimum Gasteiger partial charge on any atom is -0.480 e. The monoisotopic (exact) mass is 165 g/mol. The second-order valence-corrected chi connectivity index (χ2v) is 2.73. The topological polar surface area (TPSA) is 47.0 Å². The fourth-order valence-corrected chi connectivity index (χ4v) is 1.30. The van der Waals surface area contributed by atoms with Gasteiger partial charge in [0.1, 0.15) is 0 Å². The van der Waals surface area contributed by atoms with E-state index in [1.54, 1.807) is 13.3 Å². The van der Waals surface area contributed by atoms with E-state index in [9.17, 15) is 0 Å². The largest absolute Gasteiger partial charge is 0.480 e. The normalized spacial score (nSPS) is 15.4. The fraction of sp³-hybridized carbons (Fsp3) is 0.500. The summed E-state index contributed by atoms with van der Waals surface area (Å²) in [4.78, 5) is 8.55. The van der Waals surface area contributed by atoms with Crippen molar-refractivity contribution in [1.82, 2.24) is 15.3 Å². The summed E-state index contributed by atoms with van der Waals surface area (Å²) in [5.41, 5.74) is 2.11. The molecule has 2 rings (SSSR count). The zero-order valence-electron chi connectivity index (χ0n) is 7.00. The van der Waals surface area contributed by atoms with Gasteiger partial charge in [0.25, 0.3) is 0 Å². The summed E-state index contributed by atoms with van der Waals surface area (Å²) >= 11 is 0. The highest BCUT2D eigenvalue weighted by atomic mass is 16.5. The first-order valence-corrected chi connectivity index (χ1v) is 3.99. The molecule has 0 radical (unpaired) electrons. The molecule has 1 aliphatic rings. The van der Waals surface area contributed by atoms with Crippen LogP contribution in [0.4, 0.5) is 0 Å². The lowest BCUT2D eigenvalue weighted by molar-refractivity contribution is 0.391. The summed E-state index contributed by atoms with van der Waals surface area (Å²) in [6, 6.07) is 0. The highest BCUT2D eigenvalue weighted by Crippen LogP contribution is 2.12. The zero-order valence-corrected chi connectivity index (χ0v) is 7.00. The maximum absolute atomic E-state index is 4.98. The first kappa shape index (κ1) is 7.49. The molecule has 0 amide bonds. The average molecular weight is 165 g/mol. The van der Waals surface area contributed by atoms with Crippen LogP contribution in [0.1, 0.15) is 11.4 Å². The number of fused-ring (bicyclic) bond motifs is 1. The van der Waals surface area contributed by atoms with E-state index in [-0.39, 0.29) is 0 Å². The van der Waals surface area contributed by atoms with Gasteiger partial charge in [-0.2, -0.15) is 0 Å². The van der Waals surface area contributed by atoms with Crippen LogP contribution >= 0.6 is 0 Å². The van der Waals surface area contributed by atoms with Crippen molar-refractivity contribution in [3.8, 4) is 5.88 Å². The third-order valence-corrected chi connectivity index (χ3v) is 1.95. The lowest BCUT2D eigenvalue weighted by atomic mass is 10.2. The smallest absolute Gasteiger partial charge is 0.232 e. The van der Waals surface area contributed by atoms with Crippen LogP contribution in [0, 0.1) is 0 Å². The highest BCUT2D eigenvalue weighted by molar-refractivity contribution is 5.19. The molecule has 1 N–H and O–H groups in total. The molecule has 0 aromatic carbocycles. The van der Waals surface area contributed by atoms with Crippen LogP contribution in [0.25, 0.3) is 0 Å². The Morgan fingerprint density at radius 2 is 2.42 bits per heavy atom. The van der Waals surface area contributed by atoms with Gasteiger partial charge in [-0.1, -0.05) is 0 Å². The molecule has 12 heavy (non-hydrogen) atoms. The van der Waals surface area contributed by atoms with Gasteiger partial charge in [-0.25, -0.2) is 4.98 Å². The van der Waals surface area contributed by atoms with E-state index in [1.807, 2.05) is 0 Å². The third kappa shape index (κ3) is 1.25. The van der Waals surface area contributed by atoms with Crippen molar-refractivity contribution < 1.29 is 4.74 Å². The average Bonchev–Trinajstić information content (AvgIpc) is 2.17. The number of hydrogen-bond acceptors (Lipinski definition) is 4. The molecule has 64 valence electrons. The Morgan fingerprint density at radius 3 is 3.25 bits per heavy atom. The number of methoxy groups -OCH3 is 1. The zero-order chi connectivity index (χ0) is 8.39. The lowest BCUT2D eigenvalue weighted by Gasteiger charge is -2.14. The highest BCUT2D eigenvalue weighted by Gasteiger charge is 2.11. The number of hydrogen-bond donors (Lipinski definition) is 1. The van der Waals surface area contributed by atoms with Gasteiger partial charge in [-0.05, 0) is 0 Å². The van der Waals surface area contributed by atoms with Crippen LogP contribution in [0.3, 0.4) is 0 Å². The molecule has 4 heteroatoms. The number of ether oxygens (including phenoxy) is 1. The molecule has 0 saturated heterocycles. The SMILES string of the molecule is COc1cnc2c(n1)CNCC2. The number of rotatable bonds is 1. The Kier molecular flexibility index (Phi) is 1.91. The Balaban J connectivity index is 2.36. The van der Waals surface area contributed by atoms with E-state index in [2.05, 4.69) is 15.3 Å². The Bertz CT molecular complexity index is 288. The first-order valence-electron chi connectivity index (χ1n) is 3.99. The van der Waals surface area contributed by atoms with Crippen molar-refractivity contribution in [2.24, 2.45) is 0 Å². The van der Waals surface area contributed by atoms with E-state index >= 15 is 0 Å². The second kappa shape index (κ2) is 3.06. The summed E-state index contributed by atoms with van der Waals surface area (Å²) in [6.45, 7) is 1.80. The predicted octanol–water partition coefficient (Wildman–Crippen LogP) is 0.131. The molecular formula is C8H11N3O. The molecule has 0 fully saturated rings. The molecule has 2 heterocycles. The summed E-state index contributed by atoms with van der Waals surface area (Å²) in [5.74, 6) is 0.595. The molecule has 4 nitrogen and oxygen atoms in total. The Hall–Kier alpha value is -1.16. The molecule has 1 aromatic heterocycles. The van der Waals surface area contributed by atoms with Crippen LogP contribution in [0.5, 0.6) is 5.88 Å². The minimum absolute atomic E-state index is 0.595. The van der Waals surface area contributed by atoms with E-state index in [4.69, 9.17) is 4.74 Å². The van der Waals surface area contributed by atoms with Gasteiger partial charge in [-0.3, -0.25) is 4.98 Å². The van der Waals surface area contributed by atoms with Crippen LogP contribution < -0.4 is 10.1 Å². The van der Waals surface area contributed by atoms with Crippen molar-refractivity contribution in [3.05, 3.63) is 17.6 Å². The van der Waals surface area contributed by atoms with Crippen LogP contribution in [0.15, 0.2) is 6.20 Å². The number of nitrogens with one attached hydrogen (secondary N) is 1. The Labute approximate surface area is 71.0 Å². The van der Waals surface area contributed by atoms with Crippen molar-refractivity contribution in [2.75, 3.05) is 13.7 Å². The van der Waals surface area contributed by atoms with Crippen LogP contribution in [-0.4, -0.2) is 23.6 Å². The van der Waals surface area contributed by atoms with E-state index in [0.29, 0.717) is 5.88 Å². The van der Waals surface area contributed by atoms with Gasteiger partial charge >= 0.3 is 0 Å². The fourth-order valence-electron chi connectivity index (χ4n) is 1.30. The van der Waals surface area contributed by atoms with Crippen molar-refractivity contribution in [3.63, 3.8) is 0 Å². The molecule has 0 bridgehead atoms. The standard InChI is InChI=1S/C8H11N3O/c1-12-8-5-10-6-2-3-9-4-7(6)11-8/h5,9H,2-4H2,1H3. The van der Waals surface area contributed by atoms with Crippen molar-refractivity contribution in [2.45, 2.75) is 13.0 Å². The van der Waals surface area contributed by atoms with E-state index < -0.39 is 0 Å². The Morgan fingerprint density at radius 1 is 1.50 bits per heavy atom. The quantitative estimate of drug-likeness (QED) is 0.642. The number of nitrogens with zero attached hydrogens (tertiary/aromatic N) is 2.